The van der Waals surface area contributed by atoms with Crippen molar-refractivity contribution in [3.63, 3.8) is 0 Å². The van der Waals surface area contributed by atoms with Crippen molar-refractivity contribution >= 4 is 21.6 Å². The zero-order valence-electron chi connectivity index (χ0n) is 13.9. The quantitative estimate of drug-likeness (QED) is 0.835. The molecule has 0 atom stereocenters. The van der Waals surface area contributed by atoms with Gasteiger partial charge >= 0.3 is 0 Å². The van der Waals surface area contributed by atoms with Crippen LogP contribution in [0.5, 0.6) is 0 Å². The van der Waals surface area contributed by atoms with Gasteiger partial charge in [-0.05, 0) is 30.2 Å². The van der Waals surface area contributed by atoms with Gasteiger partial charge in [0.25, 0.3) is 0 Å². The minimum Gasteiger partial charge on any atom is -0.354 e. The Morgan fingerprint density at radius 2 is 1.67 bits per heavy atom. The molecule has 0 fully saturated rings. The van der Waals surface area contributed by atoms with Gasteiger partial charge in [-0.3, -0.25) is 9.10 Å². The third-order valence-corrected chi connectivity index (χ3v) is 4.89. The standard InChI is InChI=1S/C18H22N2O3S/c1-15-8-6-7-9-16(15)14-18(21)19-12-13-20(24(2,22)23)17-10-4-3-5-11-17/h3-11H,12-14H2,1-2H3,(H,19,21). The largest absolute Gasteiger partial charge is 0.354 e. The van der Waals surface area contributed by atoms with Gasteiger partial charge in [0.1, 0.15) is 0 Å². The molecule has 0 aliphatic rings. The third-order valence-electron chi connectivity index (χ3n) is 3.69. The number of hydrogen-bond donors (Lipinski definition) is 1. The molecule has 24 heavy (non-hydrogen) atoms. The number of carbonyl (C=O) groups is 1. The van der Waals surface area contributed by atoms with E-state index in [1.54, 1.807) is 24.3 Å². The lowest BCUT2D eigenvalue weighted by molar-refractivity contribution is -0.120. The van der Waals surface area contributed by atoms with E-state index in [0.29, 0.717) is 5.69 Å². The average Bonchev–Trinajstić information content (AvgIpc) is 2.53. The maximum absolute atomic E-state index is 12.1. The number of anilines is 1. The van der Waals surface area contributed by atoms with Crippen molar-refractivity contribution in [2.45, 2.75) is 13.3 Å². The molecule has 0 bridgehead atoms. The van der Waals surface area contributed by atoms with E-state index in [1.807, 2.05) is 37.3 Å². The van der Waals surface area contributed by atoms with E-state index < -0.39 is 10.0 Å². The first kappa shape index (κ1) is 18.0. The van der Waals surface area contributed by atoms with Crippen LogP contribution in [0.2, 0.25) is 0 Å². The van der Waals surface area contributed by atoms with Gasteiger partial charge in [-0.15, -0.1) is 0 Å². The van der Waals surface area contributed by atoms with E-state index in [9.17, 15) is 13.2 Å². The number of nitrogens with one attached hydrogen (secondary N) is 1. The van der Waals surface area contributed by atoms with Gasteiger partial charge in [0.15, 0.2) is 0 Å². The fraction of sp³-hybridized carbons (Fsp3) is 0.278. The number of nitrogens with zero attached hydrogens (tertiary/aromatic N) is 1. The highest BCUT2D eigenvalue weighted by Gasteiger charge is 2.17. The maximum Gasteiger partial charge on any atom is 0.232 e. The normalized spacial score (nSPS) is 11.1. The summed E-state index contributed by atoms with van der Waals surface area (Å²) in [6, 6.07) is 16.6. The lowest BCUT2D eigenvalue weighted by atomic mass is 10.1. The molecule has 2 aromatic carbocycles. The Kier molecular flexibility index (Phi) is 5.98. The van der Waals surface area contributed by atoms with Crippen LogP contribution in [-0.2, 0) is 21.2 Å². The summed E-state index contributed by atoms with van der Waals surface area (Å²) in [6.45, 7) is 2.42. The Bertz CT molecular complexity index is 789. The molecule has 1 N–H and O–H groups in total. The van der Waals surface area contributed by atoms with Gasteiger partial charge in [-0.1, -0.05) is 42.5 Å². The van der Waals surface area contributed by atoms with Crippen molar-refractivity contribution in [3.8, 4) is 0 Å². The molecule has 0 radical (unpaired) electrons. The van der Waals surface area contributed by atoms with Crippen LogP contribution in [0.4, 0.5) is 5.69 Å². The molecule has 0 spiro atoms. The molecule has 5 nitrogen and oxygen atoms in total. The second kappa shape index (κ2) is 7.97. The van der Waals surface area contributed by atoms with E-state index in [4.69, 9.17) is 0 Å². The van der Waals surface area contributed by atoms with Crippen LogP contribution in [0.3, 0.4) is 0 Å². The van der Waals surface area contributed by atoms with Gasteiger partial charge in [0.05, 0.1) is 24.9 Å². The number of benzene rings is 2. The Hall–Kier alpha value is -2.34. The van der Waals surface area contributed by atoms with Gasteiger partial charge in [0.2, 0.25) is 15.9 Å². The molecule has 0 aliphatic heterocycles. The monoisotopic (exact) mass is 346 g/mol. The summed E-state index contributed by atoms with van der Waals surface area (Å²) in [5, 5.41) is 2.79. The third kappa shape index (κ3) is 5.09. The van der Waals surface area contributed by atoms with Gasteiger partial charge in [-0.25, -0.2) is 8.42 Å². The molecule has 0 aromatic heterocycles. The van der Waals surface area contributed by atoms with Crippen LogP contribution in [0.15, 0.2) is 54.6 Å². The average molecular weight is 346 g/mol. The van der Waals surface area contributed by atoms with Crippen molar-refractivity contribution in [2.24, 2.45) is 0 Å². The highest BCUT2D eigenvalue weighted by molar-refractivity contribution is 7.92. The van der Waals surface area contributed by atoms with Crippen LogP contribution < -0.4 is 9.62 Å². The molecule has 6 heteroatoms. The van der Waals surface area contributed by atoms with Crippen LogP contribution in [0.25, 0.3) is 0 Å². The molecule has 128 valence electrons. The number of sulfonamides is 1. The van der Waals surface area contributed by atoms with Crippen molar-refractivity contribution in [2.75, 3.05) is 23.7 Å². The topological polar surface area (TPSA) is 66.5 Å². The predicted molar refractivity (Wildman–Crippen MR) is 96.5 cm³/mol. The van der Waals surface area contributed by atoms with Crippen LogP contribution in [0, 0.1) is 6.92 Å². The van der Waals surface area contributed by atoms with Gasteiger partial charge in [-0.2, -0.15) is 0 Å². The molecule has 0 unspecified atom stereocenters. The molecule has 0 saturated heterocycles. The predicted octanol–water partition coefficient (Wildman–Crippen LogP) is 2.12. The summed E-state index contributed by atoms with van der Waals surface area (Å²) < 4.78 is 25.2. The Morgan fingerprint density at radius 3 is 2.29 bits per heavy atom. The van der Waals surface area contributed by atoms with Crippen molar-refractivity contribution in [1.29, 1.82) is 0 Å². The Balaban J connectivity index is 1.94. The van der Waals surface area contributed by atoms with Crippen LogP contribution >= 0.6 is 0 Å². The lowest BCUT2D eigenvalue weighted by Gasteiger charge is -2.22. The molecular formula is C18H22N2O3S. The fourth-order valence-corrected chi connectivity index (χ4v) is 3.35. The van der Waals surface area contributed by atoms with E-state index in [0.717, 1.165) is 17.4 Å². The summed E-state index contributed by atoms with van der Waals surface area (Å²) in [7, 11) is -3.40. The lowest BCUT2D eigenvalue weighted by Crippen LogP contribution is -2.38. The summed E-state index contributed by atoms with van der Waals surface area (Å²) in [5.41, 5.74) is 2.63. The number of rotatable bonds is 7. The molecule has 0 heterocycles. The summed E-state index contributed by atoms with van der Waals surface area (Å²) in [6.07, 6.45) is 1.45. The zero-order valence-corrected chi connectivity index (χ0v) is 14.7. The first-order valence-electron chi connectivity index (χ1n) is 7.72. The minimum atomic E-state index is -3.40. The van der Waals surface area contributed by atoms with Gasteiger partial charge in [0, 0.05) is 6.54 Å². The Labute approximate surface area is 143 Å². The molecule has 0 aliphatic carbocycles. The molecule has 1 amide bonds. The summed E-state index contributed by atoms with van der Waals surface area (Å²) in [4.78, 5) is 12.1. The Morgan fingerprint density at radius 1 is 1.04 bits per heavy atom. The second-order valence-electron chi connectivity index (χ2n) is 5.62. The second-order valence-corrected chi connectivity index (χ2v) is 7.53. The number of amides is 1. The highest BCUT2D eigenvalue weighted by atomic mass is 32.2. The molecule has 2 aromatic rings. The summed E-state index contributed by atoms with van der Waals surface area (Å²) in [5.74, 6) is -0.120. The zero-order chi connectivity index (χ0) is 17.6. The molecular weight excluding hydrogens is 324 g/mol. The maximum atomic E-state index is 12.1. The van der Waals surface area contributed by atoms with Crippen molar-refractivity contribution in [1.82, 2.24) is 5.32 Å². The van der Waals surface area contributed by atoms with Crippen molar-refractivity contribution in [3.05, 3.63) is 65.7 Å². The first-order valence-corrected chi connectivity index (χ1v) is 9.57. The number of aryl methyl sites for hydroxylation is 1. The number of para-hydroxylation sites is 1. The first-order chi connectivity index (χ1) is 11.4. The minimum absolute atomic E-state index is 0.120. The smallest absolute Gasteiger partial charge is 0.232 e. The van der Waals surface area contributed by atoms with Crippen molar-refractivity contribution < 1.29 is 13.2 Å². The number of hydrogen-bond acceptors (Lipinski definition) is 3. The van der Waals surface area contributed by atoms with E-state index in [2.05, 4.69) is 5.32 Å². The van der Waals surface area contributed by atoms with Crippen LogP contribution in [0.1, 0.15) is 11.1 Å². The van der Waals surface area contributed by atoms with Crippen LogP contribution in [-0.4, -0.2) is 33.7 Å². The van der Waals surface area contributed by atoms with Gasteiger partial charge < -0.3 is 5.32 Å². The highest BCUT2D eigenvalue weighted by Crippen LogP contribution is 2.15. The van der Waals surface area contributed by atoms with E-state index in [-0.39, 0.29) is 25.4 Å². The van der Waals surface area contributed by atoms with E-state index in [1.165, 1.54) is 4.31 Å². The molecule has 0 saturated carbocycles. The number of carbonyl (C=O) groups excluding carboxylic acids is 1. The fourth-order valence-electron chi connectivity index (χ4n) is 2.42. The summed E-state index contributed by atoms with van der Waals surface area (Å²) >= 11 is 0. The molecule has 2 rings (SSSR count). The SMILES string of the molecule is Cc1ccccc1CC(=O)NCCN(c1ccccc1)S(C)(=O)=O. The van der Waals surface area contributed by atoms with E-state index >= 15 is 0 Å².